The van der Waals surface area contributed by atoms with E-state index in [1.54, 1.807) is 13.8 Å². The Kier molecular flexibility index (Phi) is 8.73. The molecule has 4 rings (SSSR count). The number of halogens is 1. The fourth-order valence-electron chi connectivity index (χ4n) is 4.59. The molecule has 3 N–H and O–H groups in total. The smallest absolute Gasteiger partial charge is 0.407 e. The average molecular weight is 547 g/mol. The highest BCUT2D eigenvalue weighted by molar-refractivity contribution is 7.89. The second-order valence-corrected chi connectivity index (χ2v) is 11.1. The zero-order chi connectivity index (χ0) is 26.4. The predicted molar refractivity (Wildman–Crippen MR) is 141 cm³/mol. The minimum atomic E-state index is -3.69. The Labute approximate surface area is 222 Å². The highest BCUT2D eigenvalue weighted by atomic mass is 35.5. The monoisotopic (exact) mass is 546 g/mol. The van der Waals surface area contributed by atoms with E-state index < -0.39 is 16.1 Å². The van der Waals surface area contributed by atoms with Crippen LogP contribution in [0.25, 0.3) is 0 Å². The van der Waals surface area contributed by atoms with E-state index in [2.05, 4.69) is 20.0 Å². The molecular formula is C26H31ClN4O5S. The molecule has 0 bridgehead atoms. The molecule has 1 aliphatic carbocycles. The molecule has 1 amide bonds. The van der Waals surface area contributed by atoms with E-state index >= 15 is 0 Å². The lowest BCUT2D eigenvalue weighted by Gasteiger charge is -2.34. The minimum Gasteiger partial charge on any atom is -0.492 e. The van der Waals surface area contributed by atoms with Crippen molar-refractivity contribution in [3.63, 3.8) is 0 Å². The number of fused-ring (bicyclic) bond motifs is 1. The molecule has 1 heterocycles. The number of hydrogen-bond donors (Lipinski definition) is 3. The molecule has 0 radical (unpaired) electrons. The number of benzene rings is 2. The van der Waals surface area contributed by atoms with Gasteiger partial charge in [-0.15, -0.1) is 0 Å². The number of alkyl carbamates (subject to hydrolysis) is 1. The number of rotatable bonds is 10. The number of H-pyrrole nitrogens is 1. The second kappa shape index (κ2) is 12.0. The topological polar surface area (TPSA) is 122 Å². The number of imidazole rings is 1. The Bertz CT molecular complexity index is 1340. The molecule has 9 nitrogen and oxygen atoms in total. The Morgan fingerprint density at radius 1 is 1.24 bits per heavy atom. The molecular weight excluding hydrogens is 516 g/mol. The summed E-state index contributed by atoms with van der Waals surface area (Å²) >= 11 is 6.23. The third kappa shape index (κ3) is 7.03. The van der Waals surface area contributed by atoms with Gasteiger partial charge in [0, 0.05) is 23.5 Å². The molecule has 0 saturated carbocycles. The van der Waals surface area contributed by atoms with Crippen molar-refractivity contribution in [3.05, 3.63) is 76.2 Å². The Morgan fingerprint density at radius 2 is 2.08 bits per heavy atom. The van der Waals surface area contributed by atoms with Gasteiger partial charge >= 0.3 is 6.09 Å². The fourth-order valence-corrected chi connectivity index (χ4v) is 5.78. The number of aromatic amines is 1. The SMILES string of the molecule is CCOC(=O)NC1CCc2ccc(OCCNS(=O)(=O)c3cnc(C)[nH]3)cc2C1Cc1cccc(Cl)c1. The van der Waals surface area contributed by atoms with Gasteiger partial charge in [-0.1, -0.05) is 29.8 Å². The van der Waals surface area contributed by atoms with Crippen LogP contribution in [0, 0.1) is 6.92 Å². The summed E-state index contributed by atoms with van der Waals surface area (Å²) in [5, 5.41) is 3.71. The Balaban J connectivity index is 1.48. The summed E-state index contributed by atoms with van der Waals surface area (Å²) in [6.45, 7) is 4.00. The molecule has 198 valence electrons. The number of amides is 1. The van der Waals surface area contributed by atoms with Crippen LogP contribution < -0.4 is 14.8 Å². The molecule has 2 unspecified atom stereocenters. The highest BCUT2D eigenvalue weighted by Gasteiger charge is 2.31. The van der Waals surface area contributed by atoms with Crippen LogP contribution in [0.4, 0.5) is 4.79 Å². The summed E-state index contributed by atoms with van der Waals surface area (Å²) in [6, 6.07) is 13.5. The zero-order valence-corrected chi connectivity index (χ0v) is 22.4. The van der Waals surface area contributed by atoms with Crippen LogP contribution in [0.15, 0.2) is 53.7 Å². The van der Waals surface area contributed by atoms with Crippen LogP contribution in [-0.4, -0.2) is 50.3 Å². The van der Waals surface area contributed by atoms with Crippen molar-refractivity contribution < 1.29 is 22.7 Å². The van der Waals surface area contributed by atoms with Crippen LogP contribution in [0.3, 0.4) is 0 Å². The summed E-state index contributed by atoms with van der Waals surface area (Å²) in [5.74, 6) is 1.13. The maximum Gasteiger partial charge on any atom is 0.407 e. The zero-order valence-electron chi connectivity index (χ0n) is 20.8. The number of sulfonamides is 1. The Hall–Kier alpha value is -3.08. The van der Waals surface area contributed by atoms with Crippen LogP contribution in [0.5, 0.6) is 5.75 Å². The van der Waals surface area contributed by atoms with E-state index in [-0.39, 0.29) is 30.1 Å². The number of nitrogens with one attached hydrogen (secondary N) is 3. The van der Waals surface area contributed by atoms with Gasteiger partial charge in [0.1, 0.15) is 18.2 Å². The standard InChI is InChI=1S/C26H31ClN4O5S/c1-3-35-26(32)31-24-10-8-19-7-9-21(15-22(19)23(24)14-18-5-4-6-20(27)13-18)36-12-11-29-37(33,34)25-16-28-17(2)30-25/h4-7,9,13,15-16,23-24,29H,3,8,10-12,14H2,1-2H3,(H,28,30)(H,31,32). The van der Waals surface area contributed by atoms with E-state index in [9.17, 15) is 13.2 Å². The quantitative estimate of drug-likeness (QED) is 0.329. The van der Waals surface area contributed by atoms with Gasteiger partial charge in [-0.25, -0.2) is 22.9 Å². The lowest BCUT2D eigenvalue weighted by atomic mass is 9.76. The number of ether oxygens (including phenoxy) is 2. The van der Waals surface area contributed by atoms with Crippen molar-refractivity contribution >= 4 is 27.7 Å². The minimum absolute atomic E-state index is 0.0164. The predicted octanol–water partition coefficient (Wildman–Crippen LogP) is 4.12. The van der Waals surface area contributed by atoms with Crippen molar-refractivity contribution in [3.8, 4) is 5.75 Å². The van der Waals surface area contributed by atoms with Gasteiger partial charge in [0.15, 0.2) is 5.03 Å². The van der Waals surface area contributed by atoms with Gasteiger partial charge in [0.2, 0.25) is 0 Å². The normalized spacial score (nSPS) is 17.2. The van der Waals surface area contributed by atoms with Crippen molar-refractivity contribution in [2.45, 2.75) is 50.1 Å². The first-order valence-electron chi connectivity index (χ1n) is 12.2. The molecule has 0 spiro atoms. The molecule has 0 fully saturated rings. The fraction of sp³-hybridized carbons (Fsp3) is 0.385. The van der Waals surface area contributed by atoms with Crippen molar-refractivity contribution in [1.82, 2.24) is 20.0 Å². The van der Waals surface area contributed by atoms with Gasteiger partial charge < -0.3 is 19.8 Å². The van der Waals surface area contributed by atoms with E-state index in [4.69, 9.17) is 21.1 Å². The average Bonchev–Trinajstić information content (AvgIpc) is 3.31. The van der Waals surface area contributed by atoms with Crippen molar-refractivity contribution in [1.29, 1.82) is 0 Å². The highest BCUT2D eigenvalue weighted by Crippen LogP contribution is 2.37. The lowest BCUT2D eigenvalue weighted by molar-refractivity contribution is 0.144. The van der Waals surface area contributed by atoms with E-state index in [1.807, 2.05) is 42.5 Å². The number of carbonyl (C=O) groups is 1. The van der Waals surface area contributed by atoms with Crippen LogP contribution in [-0.2, 0) is 27.6 Å². The number of hydrogen-bond acceptors (Lipinski definition) is 6. The summed E-state index contributed by atoms with van der Waals surface area (Å²) in [7, 11) is -3.69. The number of carbonyl (C=O) groups excluding carboxylic acids is 1. The molecule has 1 aliphatic rings. The molecule has 2 aromatic carbocycles. The Morgan fingerprint density at radius 3 is 2.81 bits per heavy atom. The third-order valence-corrected chi connectivity index (χ3v) is 7.89. The number of nitrogens with zero attached hydrogens (tertiary/aromatic N) is 1. The van der Waals surface area contributed by atoms with Crippen LogP contribution in [0.2, 0.25) is 5.02 Å². The van der Waals surface area contributed by atoms with E-state index in [0.29, 0.717) is 29.6 Å². The lowest BCUT2D eigenvalue weighted by Crippen LogP contribution is -2.43. The van der Waals surface area contributed by atoms with Gasteiger partial charge in [-0.3, -0.25) is 0 Å². The second-order valence-electron chi connectivity index (χ2n) is 8.89. The third-order valence-electron chi connectivity index (χ3n) is 6.28. The van der Waals surface area contributed by atoms with E-state index in [1.165, 1.54) is 11.8 Å². The van der Waals surface area contributed by atoms with Crippen LogP contribution >= 0.6 is 11.6 Å². The molecule has 11 heteroatoms. The van der Waals surface area contributed by atoms with E-state index in [0.717, 1.165) is 24.0 Å². The van der Waals surface area contributed by atoms with Crippen LogP contribution in [0.1, 0.15) is 41.8 Å². The maximum atomic E-state index is 12.4. The summed E-state index contributed by atoms with van der Waals surface area (Å²) in [6.07, 6.45) is 3.12. The summed E-state index contributed by atoms with van der Waals surface area (Å²) < 4.78 is 38.3. The maximum absolute atomic E-state index is 12.4. The first-order valence-corrected chi connectivity index (χ1v) is 14.1. The molecule has 0 saturated heterocycles. The molecule has 37 heavy (non-hydrogen) atoms. The van der Waals surface area contributed by atoms with Crippen molar-refractivity contribution in [2.24, 2.45) is 0 Å². The van der Waals surface area contributed by atoms with Gasteiger partial charge in [0.05, 0.1) is 12.8 Å². The van der Waals surface area contributed by atoms with Crippen molar-refractivity contribution in [2.75, 3.05) is 19.8 Å². The summed E-state index contributed by atoms with van der Waals surface area (Å²) in [5.41, 5.74) is 3.34. The van der Waals surface area contributed by atoms with Gasteiger partial charge in [-0.05, 0) is 74.1 Å². The first kappa shape index (κ1) is 27.0. The molecule has 2 atom stereocenters. The molecule has 0 aliphatic heterocycles. The van der Waals surface area contributed by atoms with Gasteiger partial charge in [-0.2, -0.15) is 0 Å². The number of aromatic nitrogens is 2. The molecule has 3 aromatic rings. The first-order chi connectivity index (χ1) is 17.7. The molecule has 1 aromatic heterocycles. The number of aryl methyl sites for hydroxylation is 2. The summed E-state index contributed by atoms with van der Waals surface area (Å²) in [4.78, 5) is 18.9. The van der Waals surface area contributed by atoms with Gasteiger partial charge in [0.25, 0.3) is 10.0 Å². The largest absolute Gasteiger partial charge is 0.492 e.